The Morgan fingerprint density at radius 1 is 1.19 bits per heavy atom. The second-order valence-electron chi connectivity index (χ2n) is 7.33. The number of amides is 2. The predicted molar refractivity (Wildman–Crippen MR) is 112 cm³/mol. The van der Waals surface area contributed by atoms with Crippen molar-refractivity contribution in [3.05, 3.63) is 76.4 Å². The lowest BCUT2D eigenvalue weighted by atomic mass is 10.1. The van der Waals surface area contributed by atoms with E-state index >= 15 is 0 Å². The number of nitrogens with zero attached hydrogens (tertiary/aromatic N) is 2. The summed E-state index contributed by atoms with van der Waals surface area (Å²) in [6, 6.07) is 7.66. The summed E-state index contributed by atoms with van der Waals surface area (Å²) < 4.78 is 46.0. The van der Waals surface area contributed by atoms with Crippen molar-refractivity contribution in [2.24, 2.45) is 0 Å². The molecule has 1 aliphatic heterocycles. The zero-order valence-corrected chi connectivity index (χ0v) is 17.9. The molecule has 3 aromatic rings. The maximum Gasteiger partial charge on any atom is 0.251 e. The molecule has 1 aromatic heterocycles. The lowest BCUT2D eigenvalue weighted by Gasteiger charge is -2.32. The van der Waals surface area contributed by atoms with Crippen molar-refractivity contribution in [2.75, 3.05) is 4.90 Å². The van der Waals surface area contributed by atoms with Gasteiger partial charge in [0.05, 0.1) is 23.2 Å². The van der Waals surface area contributed by atoms with Crippen LogP contribution in [0.5, 0.6) is 0 Å². The molecule has 0 aliphatic carbocycles. The lowest BCUT2D eigenvalue weighted by Crippen LogP contribution is -2.39. The van der Waals surface area contributed by atoms with E-state index in [0.29, 0.717) is 29.3 Å². The number of anilines is 1. The van der Waals surface area contributed by atoms with Crippen LogP contribution in [0.15, 0.2) is 45.8 Å². The highest BCUT2D eigenvalue weighted by Gasteiger charge is 2.32. The molecule has 2 amide bonds. The zero-order valence-electron chi connectivity index (χ0n) is 17.1. The van der Waals surface area contributed by atoms with Crippen molar-refractivity contribution in [3.63, 3.8) is 0 Å². The minimum atomic E-state index is -1.09. The first kappa shape index (κ1) is 21.9. The van der Waals surface area contributed by atoms with E-state index in [-0.39, 0.29) is 23.3 Å². The van der Waals surface area contributed by atoms with Gasteiger partial charge in [-0.25, -0.2) is 13.2 Å². The Hall–Kier alpha value is -3.27. The maximum absolute atomic E-state index is 13.8. The molecule has 0 bridgehead atoms. The Labute approximate surface area is 185 Å². The number of hydrogen-bond acceptors (Lipinski definition) is 5. The summed E-state index contributed by atoms with van der Waals surface area (Å²) in [4.78, 5) is 27.8. The second-order valence-corrected chi connectivity index (χ2v) is 8.71. The standard InChI is InChI=1S/C22H18F3N3O3S/c1-11-5-15(31-27-11)10-28-19-6-13(3-4-20(19)32-12(2)22(28)30)21(29)26-9-16-17(24)7-14(23)8-18(16)25/h3-8,12H,9-10H2,1-2H3,(H,26,29). The van der Waals surface area contributed by atoms with Crippen LogP contribution in [-0.4, -0.2) is 22.2 Å². The van der Waals surface area contributed by atoms with Gasteiger partial charge < -0.3 is 14.7 Å². The quantitative estimate of drug-likeness (QED) is 0.611. The number of fused-ring (bicyclic) bond motifs is 1. The minimum absolute atomic E-state index is 0.147. The van der Waals surface area contributed by atoms with Crippen LogP contribution in [0.1, 0.15) is 34.3 Å². The summed E-state index contributed by atoms with van der Waals surface area (Å²) in [6.45, 7) is 3.25. The number of carbonyl (C=O) groups is 2. The topological polar surface area (TPSA) is 75.4 Å². The van der Waals surface area contributed by atoms with E-state index in [1.165, 1.54) is 16.7 Å². The third kappa shape index (κ3) is 4.36. The first-order chi connectivity index (χ1) is 15.2. The van der Waals surface area contributed by atoms with Gasteiger partial charge in [-0.1, -0.05) is 5.16 Å². The average molecular weight is 461 g/mol. The molecule has 1 aliphatic rings. The van der Waals surface area contributed by atoms with Gasteiger partial charge in [-0.2, -0.15) is 0 Å². The van der Waals surface area contributed by atoms with Crippen molar-refractivity contribution in [1.82, 2.24) is 10.5 Å². The lowest BCUT2D eigenvalue weighted by molar-refractivity contribution is -0.118. The molecule has 0 fully saturated rings. The molecule has 10 heteroatoms. The highest BCUT2D eigenvalue weighted by atomic mass is 32.2. The van der Waals surface area contributed by atoms with Crippen molar-refractivity contribution >= 4 is 29.3 Å². The Morgan fingerprint density at radius 3 is 2.56 bits per heavy atom. The Kier molecular flexibility index (Phi) is 5.96. The van der Waals surface area contributed by atoms with Gasteiger partial charge in [-0.3, -0.25) is 9.59 Å². The third-order valence-corrected chi connectivity index (χ3v) is 6.11. The summed E-state index contributed by atoms with van der Waals surface area (Å²) in [7, 11) is 0. The second kappa shape index (κ2) is 8.70. The Bertz CT molecular complexity index is 1190. The highest BCUT2D eigenvalue weighted by molar-refractivity contribution is 8.01. The predicted octanol–water partition coefficient (Wildman–Crippen LogP) is 4.36. The zero-order chi connectivity index (χ0) is 23.0. The number of thioether (sulfide) groups is 1. The van der Waals surface area contributed by atoms with Gasteiger partial charge in [0.25, 0.3) is 5.91 Å². The van der Waals surface area contributed by atoms with Crippen LogP contribution in [0, 0.1) is 24.4 Å². The maximum atomic E-state index is 13.8. The van der Waals surface area contributed by atoms with Crippen LogP contribution in [0.3, 0.4) is 0 Å². The van der Waals surface area contributed by atoms with Gasteiger partial charge in [0.15, 0.2) is 5.76 Å². The molecule has 2 heterocycles. The fourth-order valence-electron chi connectivity index (χ4n) is 3.37. The van der Waals surface area contributed by atoms with Crippen molar-refractivity contribution in [1.29, 1.82) is 0 Å². The normalized spacial score (nSPS) is 15.6. The number of carbonyl (C=O) groups excluding carboxylic acids is 2. The molecule has 1 N–H and O–H groups in total. The summed E-state index contributed by atoms with van der Waals surface area (Å²) in [5.74, 6) is -3.45. The minimum Gasteiger partial charge on any atom is -0.359 e. The average Bonchev–Trinajstić information content (AvgIpc) is 3.15. The van der Waals surface area contributed by atoms with Gasteiger partial charge in [0.2, 0.25) is 5.91 Å². The monoisotopic (exact) mass is 461 g/mol. The number of aromatic nitrogens is 1. The van der Waals surface area contributed by atoms with E-state index in [4.69, 9.17) is 4.52 Å². The largest absolute Gasteiger partial charge is 0.359 e. The molecular weight excluding hydrogens is 443 g/mol. The van der Waals surface area contributed by atoms with Crippen molar-refractivity contribution < 1.29 is 27.3 Å². The van der Waals surface area contributed by atoms with Crippen LogP contribution < -0.4 is 10.2 Å². The van der Waals surface area contributed by atoms with Gasteiger partial charge in [0.1, 0.15) is 17.5 Å². The number of hydrogen-bond donors (Lipinski definition) is 1. The molecular formula is C22H18F3N3O3S. The van der Waals surface area contributed by atoms with Crippen LogP contribution in [0.2, 0.25) is 0 Å². The molecule has 0 saturated carbocycles. The number of halogens is 3. The molecule has 1 atom stereocenters. The fourth-order valence-corrected chi connectivity index (χ4v) is 4.42. The summed E-state index contributed by atoms with van der Waals surface area (Å²) in [6.07, 6.45) is 0. The van der Waals surface area contributed by atoms with Gasteiger partial charge >= 0.3 is 0 Å². The first-order valence-electron chi connectivity index (χ1n) is 9.69. The van der Waals surface area contributed by atoms with E-state index < -0.39 is 35.5 Å². The van der Waals surface area contributed by atoms with E-state index in [1.54, 1.807) is 38.1 Å². The summed E-state index contributed by atoms with van der Waals surface area (Å²) >= 11 is 1.37. The van der Waals surface area contributed by atoms with Gasteiger partial charge in [-0.05, 0) is 32.0 Å². The smallest absolute Gasteiger partial charge is 0.251 e. The first-order valence-corrected chi connectivity index (χ1v) is 10.6. The number of nitrogens with one attached hydrogen (secondary N) is 1. The van der Waals surface area contributed by atoms with Crippen molar-refractivity contribution in [2.45, 2.75) is 37.1 Å². The van der Waals surface area contributed by atoms with Crippen LogP contribution in [0.25, 0.3) is 0 Å². The van der Waals surface area contributed by atoms with E-state index in [1.807, 2.05) is 0 Å². The summed E-state index contributed by atoms with van der Waals surface area (Å²) in [5, 5.41) is 5.94. The molecule has 2 aromatic carbocycles. The van der Waals surface area contributed by atoms with E-state index in [0.717, 1.165) is 4.90 Å². The molecule has 0 spiro atoms. The Balaban J connectivity index is 1.58. The van der Waals surface area contributed by atoms with Gasteiger partial charge in [0, 0.05) is 40.8 Å². The molecule has 1 unspecified atom stereocenters. The highest BCUT2D eigenvalue weighted by Crippen LogP contribution is 2.40. The van der Waals surface area contributed by atoms with Crippen LogP contribution in [0.4, 0.5) is 18.9 Å². The number of benzene rings is 2. The third-order valence-electron chi connectivity index (χ3n) is 4.95. The summed E-state index contributed by atoms with van der Waals surface area (Å²) in [5.41, 5.74) is 0.965. The molecule has 32 heavy (non-hydrogen) atoms. The van der Waals surface area contributed by atoms with Gasteiger partial charge in [-0.15, -0.1) is 11.8 Å². The van der Waals surface area contributed by atoms with E-state index in [2.05, 4.69) is 10.5 Å². The molecule has 0 radical (unpaired) electrons. The van der Waals surface area contributed by atoms with Crippen molar-refractivity contribution in [3.8, 4) is 0 Å². The molecule has 6 nitrogen and oxygen atoms in total. The molecule has 0 saturated heterocycles. The number of aryl methyl sites for hydroxylation is 1. The van der Waals surface area contributed by atoms with Crippen LogP contribution in [-0.2, 0) is 17.9 Å². The van der Waals surface area contributed by atoms with Crippen LogP contribution >= 0.6 is 11.8 Å². The molecule has 166 valence electrons. The van der Waals surface area contributed by atoms with E-state index in [9.17, 15) is 22.8 Å². The molecule has 4 rings (SSSR count). The SMILES string of the molecule is Cc1cc(CN2C(=O)C(C)Sc3ccc(C(=O)NCc4c(F)cc(F)cc4F)cc32)on1. The fraction of sp³-hybridized carbons (Fsp3) is 0.227. The number of rotatable bonds is 5. The Morgan fingerprint density at radius 2 is 1.91 bits per heavy atom.